The Morgan fingerprint density at radius 2 is 0.167 bits per heavy atom. The summed E-state index contributed by atoms with van der Waals surface area (Å²) in [5, 5.41) is 0. The monoisotopic (exact) mass is 978 g/mol. The van der Waals surface area contributed by atoms with Gasteiger partial charge >= 0.3 is 0 Å². The fourth-order valence-electron chi connectivity index (χ4n) is 7.44. The van der Waals surface area contributed by atoms with Gasteiger partial charge in [-0.3, -0.25) is 0 Å². The zero-order valence-corrected chi connectivity index (χ0v) is 42.2. The van der Waals surface area contributed by atoms with E-state index in [1.165, 1.54) is 0 Å². The van der Waals surface area contributed by atoms with Crippen molar-refractivity contribution < 1.29 is 0 Å². The van der Waals surface area contributed by atoms with E-state index in [1.807, 2.05) is 255 Å². The van der Waals surface area contributed by atoms with Crippen molar-refractivity contribution in [2.75, 3.05) is 0 Å². The molecule has 0 unspecified atom stereocenters. The van der Waals surface area contributed by atoms with Gasteiger partial charge in [0.15, 0.2) is 0 Å². The van der Waals surface area contributed by atoms with Crippen LogP contribution in [0.25, 0.3) is 0 Å². The molecule has 0 heterocycles. The van der Waals surface area contributed by atoms with Crippen LogP contribution < -0.4 is 0 Å². The van der Waals surface area contributed by atoms with E-state index in [0.717, 1.165) is 100 Å². The average molecular weight is 979 g/mol. The quantitative estimate of drug-likeness (QED) is 0.133. The van der Waals surface area contributed by atoms with E-state index in [-0.39, 0.29) is 0 Å². The van der Waals surface area contributed by atoms with Crippen LogP contribution in [0.3, 0.4) is 0 Å². The van der Waals surface area contributed by atoms with Gasteiger partial charge < -0.3 is 0 Å². The normalized spacial score (nSPS) is 9.38. The minimum atomic E-state index is 0.915. The zero-order valence-electron chi connectivity index (χ0n) is 42.2. The largest absolute Gasteiger partial charge is 0.0622 e. The summed E-state index contributed by atoms with van der Waals surface area (Å²) >= 11 is 0. The molecule has 0 spiro atoms. The van der Waals surface area contributed by atoms with Gasteiger partial charge in [-0.15, -0.1) is 0 Å². The molecule has 0 saturated heterocycles. The molecule has 0 aliphatic rings. The molecule has 0 bridgehead atoms. The molecule has 0 atom stereocenters. The van der Waals surface area contributed by atoms with Gasteiger partial charge in [-0.2, -0.15) is 0 Å². The summed E-state index contributed by atoms with van der Waals surface area (Å²) in [5.41, 5.74) is 16.8. The van der Waals surface area contributed by atoms with Gasteiger partial charge in [0.1, 0.15) is 0 Å². The second kappa shape index (κ2) is 25.8. The van der Waals surface area contributed by atoms with Crippen LogP contribution >= 0.6 is 0 Å². The van der Waals surface area contributed by atoms with Crippen LogP contribution in [0.5, 0.6) is 0 Å². The molecule has 0 fully saturated rings. The van der Waals surface area contributed by atoms with Crippen molar-refractivity contribution in [3.05, 3.63) is 355 Å². The molecule has 0 nitrogen and oxygen atoms in total. The van der Waals surface area contributed by atoms with Gasteiger partial charge in [0.25, 0.3) is 0 Å². The third-order valence-corrected chi connectivity index (χ3v) is 11.8. The minimum absolute atomic E-state index is 0.915. The van der Waals surface area contributed by atoms with E-state index in [9.17, 15) is 0 Å². The van der Waals surface area contributed by atoms with Gasteiger partial charge in [0.05, 0.1) is 0 Å². The van der Waals surface area contributed by atoms with Crippen molar-refractivity contribution in [2.24, 2.45) is 0 Å². The van der Waals surface area contributed by atoms with Crippen LogP contribution in [0.1, 0.15) is 100 Å². The maximum absolute atomic E-state index is 3.26. The van der Waals surface area contributed by atoms with E-state index < -0.39 is 0 Å². The smallest absolute Gasteiger partial charge is 0.0249 e. The third-order valence-electron chi connectivity index (χ3n) is 11.8. The topological polar surface area (TPSA) is 0 Å². The van der Waals surface area contributed by atoms with Gasteiger partial charge in [-0.05, 0) is 218 Å². The van der Waals surface area contributed by atoms with Gasteiger partial charge in [-0.25, -0.2) is 0 Å². The first-order valence-corrected chi connectivity index (χ1v) is 25.1. The Balaban J connectivity index is 0.658. The molecule has 0 aliphatic heterocycles. The Morgan fingerprint density at radius 1 is 0.0897 bits per heavy atom. The predicted molar refractivity (Wildman–Crippen MR) is 318 cm³/mol. The molecular weight excluding hydrogens is 937 g/mol. The third kappa shape index (κ3) is 15.4. The van der Waals surface area contributed by atoms with Crippen molar-refractivity contribution in [2.45, 2.75) is 0 Å². The molecule has 10 aromatic carbocycles. The lowest BCUT2D eigenvalue weighted by atomic mass is 10.1. The highest BCUT2D eigenvalue weighted by Gasteiger charge is 1.97. The number of hydrogen-bond acceptors (Lipinski definition) is 0. The average Bonchev–Trinajstić information content (AvgIpc) is 3.51. The fraction of sp³-hybridized carbons (Fsp3) is 0. The molecule has 10 rings (SSSR count). The van der Waals surface area contributed by atoms with Crippen LogP contribution in [-0.4, -0.2) is 0 Å². The van der Waals surface area contributed by atoms with Gasteiger partial charge in [0, 0.05) is 100 Å². The lowest BCUT2D eigenvalue weighted by Crippen LogP contribution is -1.81. The molecule has 0 heteroatoms. The molecule has 0 saturated carbocycles. The first-order valence-electron chi connectivity index (χ1n) is 25.1. The summed E-state index contributed by atoms with van der Waals surface area (Å²) in [6.45, 7) is 0. The molecule has 0 aromatic heterocycles. The second-order valence-electron chi connectivity index (χ2n) is 17.6. The van der Waals surface area contributed by atoms with E-state index >= 15 is 0 Å². The lowest BCUT2D eigenvalue weighted by molar-refractivity contribution is 1.57. The summed E-state index contributed by atoms with van der Waals surface area (Å²) in [7, 11) is 0. The summed E-state index contributed by atoms with van der Waals surface area (Å²) in [5.74, 6) is 58.3. The first kappa shape index (κ1) is 49.8. The van der Waals surface area contributed by atoms with E-state index in [2.05, 4.69) is 107 Å². The van der Waals surface area contributed by atoms with Crippen molar-refractivity contribution in [1.82, 2.24) is 0 Å². The standard InChI is InChI=1S/C78H42/c1-3-7-61(8-4-1)11-13-63-15-19-65(20-16-63)23-25-67-27-31-69(32-28-67)35-37-71-39-43-73(44-40-71)47-49-75-51-55-77(56-52-75)59-60-78-57-53-76(54-58-78)50-48-74-45-41-72(42-46-74)38-36-70-33-29-68(30-34-70)26-24-66-21-17-64(18-22-66)14-12-62-9-5-2-6-10-62/h1-10,15-22,27-34,39-46,51-58H. The SMILES string of the molecule is C(#Cc1ccc(C#Cc2ccc(C#Cc3ccc(C#Cc4ccc(C#Cc5ccc(C#Cc6ccc(C#Cc7ccc(C#Cc8ccc(C#Cc9ccccc9)cc8)cc7)cc6)cc5)cc4)cc3)cc2)cc1)c1ccccc1. The molecule has 354 valence electrons. The highest BCUT2D eigenvalue weighted by molar-refractivity contribution is 5.55. The van der Waals surface area contributed by atoms with Crippen molar-refractivity contribution in [3.63, 3.8) is 0 Å². The van der Waals surface area contributed by atoms with E-state index in [4.69, 9.17) is 0 Å². The Morgan fingerprint density at radius 3 is 0.256 bits per heavy atom. The molecule has 0 amide bonds. The van der Waals surface area contributed by atoms with Crippen LogP contribution in [0, 0.1) is 107 Å². The Kier molecular flexibility index (Phi) is 16.4. The molecule has 10 aromatic rings. The van der Waals surface area contributed by atoms with Crippen LogP contribution in [-0.2, 0) is 0 Å². The van der Waals surface area contributed by atoms with Crippen LogP contribution in [0.4, 0.5) is 0 Å². The minimum Gasteiger partial charge on any atom is -0.0622 e. The predicted octanol–water partition coefficient (Wildman–Crippen LogP) is 14.3. The Labute approximate surface area is 459 Å². The second-order valence-corrected chi connectivity index (χ2v) is 17.6. The number of hydrogen-bond donors (Lipinski definition) is 0. The first-order chi connectivity index (χ1) is 38.5. The Bertz CT molecular complexity index is 4050. The van der Waals surface area contributed by atoms with Crippen LogP contribution in [0.15, 0.2) is 255 Å². The lowest BCUT2D eigenvalue weighted by Gasteiger charge is -1.95. The molecule has 78 heavy (non-hydrogen) atoms. The van der Waals surface area contributed by atoms with Crippen molar-refractivity contribution in [3.8, 4) is 107 Å². The van der Waals surface area contributed by atoms with E-state index in [1.54, 1.807) is 0 Å². The summed E-state index contributed by atoms with van der Waals surface area (Å²) in [4.78, 5) is 0. The number of benzene rings is 10. The van der Waals surface area contributed by atoms with Crippen molar-refractivity contribution in [1.29, 1.82) is 0 Å². The highest BCUT2D eigenvalue weighted by Crippen LogP contribution is 2.12. The van der Waals surface area contributed by atoms with Crippen LogP contribution in [0.2, 0.25) is 0 Å². The van der Waals surface area contributed by atoms with Gasteiger partial charge in [0.2, 0.25) is 0 Å². The molecule has 0 radical (unpaired) electrons. The van der Waals surface area contributed by atoms with E-state index in [0.29, 0.717) is 0 Å². The molecule has 0 aliphatic carbocycles. The highest BCUT2D eigenvalue weighted by atomic mass is 14.0. The fourth-order valence-corrected chi connectivity index (χ4v) is 7.44. The Hall–Kier alpha value is -11.8. The van der Waals surface area contributed by atoms with Crippen molar-refractivity contribution >= 4 is 0 Å². The summed E-state index contributed by atoms with van der Waals surface area (Å²) in [6.07, 6.45) is 0. The molecule has 0 N–H and O–H groups in total. The number of rotatable bonds is 0. The molecular formula is C78H42. The van der Waals surface area contributed by atoms with Gasteiger partial charge in [-0.1, -0.05) is 143 Å². The summed E-state index contributed by atoms with van der Waals surface area (Å²) in [6, 6.07) is 83.8. The maximum Gasteiger partial charge on any atom is 0.0249 e. The summed E-state index contributed by atoms with van der Waals surface area (Å²) < 4.78 is 0. The zero-order chi connectivity index (χ0) is 52.8. The maximum atomic E-state index is 3.26.